The summed E-state index contributed by atoms with van der Waals surface area (Å²) in [6.07, 6.45) is 0.487. The van der Waals surface area contributed by atoms with Crippen molar-refractivity contribution in [1.29, 1.82) is 0 Å². The van der Waals surface area contributed by atoms with Crippen molar-refractivity contribution in [1.82, 2.24) is 20.4 Å². The number of carbonyl (C=O) groups excluding carboxylic acids is 1. The lowest BCUT2D eigenvalue weighted by Crippen LogP contribution is -2.48. The maximum Gasteiger partial charge on any atom is 0.227 e. The molecule has 27 heavy (non-hydrogen) atoms. The van der Waals surface area contributed by atoms with Gasteiger partial charge in [-0.2, -0.15) is 4.98 Å². The van der Waals surface area contributed by atoms with E-state index in [4.69, 9.17) is 14.0 Å². The number of aryl methyl sites for hydroxylation is 1. The molecule has 1 amide bonds. The monoisotopic (exact) mass is 374 g/mol. The molecule has 0 aliphatic carbocycles. The highest BCUT2D eigenvalue weighted by Gasteiger charge is 2.29. The largest absolute Gasteiger partial charge is 0.496 e. The van der Waals surface area contributed by atoms with Crippen molar-refractivity contribution in [3.05, 3.63) is 41.5 Å². The summed E-state index contributed by atoms with van der Waals surface area (Å²) in [5, 5.41) is 7.26. The molecule has 1 aliphatic rings. The third kappa shape index (κ3) is 4.45. The van der Waals surface area contributed by atoms with E-state index in [2.05, 4.69) is 15.5 Å². The zero-order chi connectivity index (χ0) is 19.2. The van der Waals surface area contributed by atoms with Crippen molar-refractivity contribution in [3.8, 4) is 5.75 Å². The molecule has 0 bridgehead atoms. The van der Waals surface area contributed by atoms with Crippen LogP contribution in [0.1, 0.15) is 42.8 Å². The Hall–Kier alpha value is -2.45. The molecule has 3 rings (SSSR count). The van der Waals surface area contributed by atoms with Gasteiger partial charge in [-0.15, -0.1) is 0 Å². The number of carbonyl (C=O) groups is 1. The number of benzene rings is 1. The predicted octanol–water partition coefficient (Wildman–Crippen LogP) is 1.89. The average Bonchev–Trinajstić information content (AvgIpc) is 3.20. The lowest BCUT2D eigenvalue weighted by Gasteiger charge is -2.37. The van der Waals surface area contributed by atoms with Gasteiger partial charge in [0, 0.05) is 45.1 Å². The van der Waals surface area contributed by atoms with Crippen LogP contribution in [0.5, 0.6) is 5.75 Å². The van der Waals surface area contributed by atoms with Gasteiger partial charge in [0.2, 0.25) is 11.8 Å². The summed E-state index contributed by atoms with van der Waals surface area (Å²) in [7, 11) is 3.24. The second-order valence-electron chi connectivity index (χ2n) is 6.47. The lowest BCUT2D eigenvalue weighted by atomic mass is 10.0. The van der Waals surface area contributed by atoms with Crippen LogP contribution >= 0.6 is 0 Å². The Morgan fingerprint density at radius 1 is 1.41 bits per heavy atom. The fourth-order valence-corrected chi connectivity index (χ4v) is 3.22. The molecule has 8 heteroatoms. The summed E-state index contributed by atoms with van der Waals surface area (Å²) >= 11 is 0. The minimum Gasteiger partial charge on any atom is -0.496 e. The highest BCUT2D eigenvalue weighted by Crippen LogP contribution is 2.30. The first-order chi connectivity index (χ1) is 13.1. The van der Waals surface area contributed by atoms with Gasteiger partial charge in [-0.1, -0.05) is 23.4 Å². The average molecular weight is 374 g/mol. The standard InChI is InChI=1S/C19H26N4O4/c1-13(25-2)19-21-17(27-22-19)8-9-18(24)23-11-10-20-12-15(23)14-6-4-5-7-16(14)26-3/h4-7,13,15,20H,8-12H2,1-3H3. The van der Waals surface area contributed by atoms with E-state index in [1.54, 1.807) is 14.2 Å². The number of para-hydroxylation sites is 1. The molecule has 8 nitrogen and oxygen atoms in total. The van der Waals surface area contributed by atoms with Crippen LogP contribution in [0.25, 0.3) is 0 Å². The molecule has 0 radical (unpaired) electrons. The van der Waals surface area contributed by atoms with Crippen molar-refractivity contribution < 1.29 is 18.8 Å². The van der Waals surface area contributed by atoms with E-state index in [-0.39, 0.29) is 18.1 Å². The molecule has 2 aromatic rings. The number of hydrogen-bond acceptors (Lipinski definition) is 7. The molecule has 1 N–H and O–H groups in total. The molecule has 146 valence electrons. The molecule has 1 fully saturated rings. The molecule has 2 unspecified atom stereocenters. The molecule has 0 spiro atoms. The molecule has 2 atom stereocenters. The van der Waals surface area contributed by atoms with Crippen molar-refractivity contribution in [2.45, 2.75) is 31.9 Å². The van der Waals surface area contributed by atoms with Gasteiger partial charge in [-0.05, 0) is 13.0 Å². The normalized spacial score (nSPS) is 18.3. The number of nitrogens with one attached hydrogen (secondary N) is 1. The zero-order valence-corrected chi connectivity index (χ0v) is 16.0. The van der Waals surface area contributed by atoms with E-state index in [1.807, 2.05) is 36.1 Å². The SMILES string of the molecule is COc1ccccc1C1CNCCN1C(=O)CCc1nc(C(C)OC)no1. The first-order valence-corrected chi connectivity index (χ1v) is 9.12. The van der Waals surface area contributed by atoms with Crippen LogP contribution in [0.3, 0.4) is 0 Å². The Balaban J connectivity index is 1.67. The van der Waals surface area contributed by atoms with E-state index >= 15 is 0 Å². The van der Waals surface area contributed by atoms with Gasteiger partial charge in [0.1, 0.15) is 11.9 Å². The minimum atomic E-state index is -0.235. The van der Waals surface area contributed by atoms with E-state index in [0.717, 1.165) is 17.9 Å². The summed E-state index contributed by atoms with van der Waals surface area (Å²) in [5.74, 6) is 1.80. The van der Waals surface area contributed by atoms with Gasteiger partial charge in [0.15, 0.2) is 5.82 Å². The Morgan fingerprint density at radius 2 is 2.22 bits per heavy atom. The molecular weight excluding hydrogens is 348 g/mol. The number of nitrogens with zero attached hydrogens (tertiary/aromatic N) is 3. The van der Waals surface area contributed by atoms with Crippen LogP contribution in [-0.2, 0) is 16.0 Å². The molecule has 1 aromatic heterocycles. The Bertz CT molecular complexity index is 764. The topological polar surface area (TPSA) is 89.7 Å². The number of piperazine rings is 1. The summed E-state index contributed by atoms with van der Waals surface area (Å²) in [6.45, 7) is 3.96. The van der Waals surface area contributed by atoms with E-state index in [0.29, 0.717) is 37.6 Å². The maximum atomic E-state index is 12.9. The zero-order valence-electron chi connectivity index (χ0n) is 16.0. The molecule has 1 aliphatic heterocycles. The second kappa shape index (κ2) is 8.96. The van der Waals surface area contributed by atoms with E-state index < -0.39 is 0 Å². The first kappa shape index (κ1) is 19.3. The van der Waals surface area contributed by atoms with Crippen LogP contribution < -0.4 is 10.1 Å². The van der Waals surface area contributed by atoms with Crippen LogP contribution in [0.4, 0.5) is 0 Å². The smallest absolute Gasteiger partial charge is 0.227 e. The molecule has 2 heterocycles. The first-order valence-electron chi connectivity index (χ1n) is 9.12. The van der Waals surface area contributed by atoms with Crippen LogP contribution in [0.2, 0.25) is 0 Å². The number of amides is 1. The van der Waals surface area contributed by atoms with Gasteiger partial charge >= 0.3 is 0 Å². The number of methoxy groups -OCH3 is 2. The Labute approximate surface area is 158 Å². The lowest BCUT2D eigenvalue weighted by molar-refractivity contribution is -0.134. The summed E-state index contributed by atoms with van der Waals surface area (Å²) in [5.41, 5.74) is 1.01. The number of rotatable bonds is 7. The van der Waals surface area contributed by atoms with Gasteiger partial charge in [0.25, 0.3) is 0 Å². The van der Waals surface area contributed by atoms with Crippen molar-refractivity contribution in [2.75, 3.05) is 33.9 Å². The second-order valence-corrected chi connectivity index (χ2v) is 6.47. The highest BCUT2D eigenvalue weighted by molar-refractivity contribution is 5.77. The minimum absolute atomic E-state index is 0.0610. The van der Waals surface area contributed by atoms with Gasteiger partial charge in [0.05, 0.1) is 13.2 Å². The number of aromatic nitrogens is 2. The fraction of sp³-hybridized carbons (Fsp3) is 0.526. The van der Waals surface area contributed by atoms with Crippen molar-refractivity contribution in [2.24, 2.45) is 0 Å². The van der Waals surface area contributed by atoms with Crippen molar-refractivity contribution in [3.63, 3.8) is 0 Å². The Kier molecular flexibility index (Phi) is 6.41. The quantitative estimate of drug-likeness (QED) is 0.791. The van der Waals surface area contributed by atoms with Crippen molar-refractivity contribution >= 4 is 5.91 Å². The van der Waals surface area contributed by atoms with Crippen LogP contribution in [-0.4, -0.2) is 54.8 Å². The third-order valence-corrected chi connectivity index (χ3v) is 4.82. The van der Waals surface area contributed by atoms with Crippen LogP contribution in [0.15, 0.2) is 28.8 Å². The third-order valence-electron chi connectivity index (χ3n) is 4.82. The van der Waals surface area contributed by atoms with Gasteiger partial charge in [-0.25, -0.2) is 0 Å². The fourth-order valence-electron chi connectivity index (χ4n) is 3.22. The number of ether oxygens (including phenoxy) is 2. The van der Waals surface area contributed by atoms with Crippen LogP contribution in [0, 0.1) is 0 Å². The molecule has 0 saturated carbocycles. The van der Waals surface area contributed by atoms with Gasteiger partial charge < -0.3 is 24.2 Å². The predicted molar refractivity (Wildman–Crippen MR) is 98.4 cm³/mol. The highest BCUT2D eigenvalue weighted by atomic mass is 16.5. The summed E-state index contributed by atoms with van der Waals surface area (Å²) in [4.78, 5) is 19.1. The van der Waals surface area contributed by atoms with E-state index in [9.17, 15) is 4.79 Å². The van der Waals surface area contributed by atoms with Gasteiger partial charge in [-0.3, -0.25) is 4.79 Å². The molecule has 1 aromatic carbocycles. The molecule has 1 saturated heterocycles. The summed E-state index contributed by atoms with van der Waals surface area (Å²) < 4.78 is 15.9. The number of hydrogen-bond donors (Lipinski definition) is 1. The van der Waals surface area contributed by atoms with E-state index in [1.165, 1.54) is 0 Å². The molecular formula is C19H26N4O4. The Morgan fingerprint density at radius 3 is 3.00 bits per heavy atom. The maximum absolute atomic E-state index is 12.9. The summed E-state index contributed by atoms with van der Waals surface area (Å²) in [6, 6.07) is 7.76.